The molecule has 290 valence electrons. The molecule has 1 aromatic carbocycles. The molecule has 5 atom stereocenters. The minimum absolute atomic E-state index is 0.000992. The molecule has 2 saturated carbocycles. The zero-order valence-electron chi connectivity index (χ0n) is 30.2. The largest absolute Gasteiger partial charge is 0.491 e. The van der Waals surface area contributed by atoms with Gasteiger partial charge in [-0.3, -0.25) is 23.9 Å². The standard InChI is InChI=1S/C38H48N6O9S/c45-33-28-18-15-24-11-10-14-31(32(24)40-28)52-19-8-4-5-9-20-53-37(49)41-29-13-7-3-1-2-6-12-25-22-38(25,36(48)43-54(50,51)27-16-17-27)42-34(46)30-21-26(39-33)23-44(30)35(29)47/h6,10-12,14-15,18,25-27,29-30H,1-5,7-9,13,16-17,19-23H2,(H,39,45)(H,41,49)(H,42,46)(H,43,48)/b12-6-/t25-,26-,29+,30+,38?/m1/s1. The first-order valence-electron chi connectivity index (χ1n) is 19.2. The van der Waals surface area contributed by atoms with Gasteiger partial charge in [-0.25, -0.2) is 18.2 Å². The van der Waals surface area contributed by atoms with Gasteiger partial charge < -0.3 is 30.3 Å². The van der Waals surface area contributed by atoms with E-state index in [9.17, 15) is 32.4 Å². The number of nitrogens with zero attached hydrogens (tertiary/aromatic N) is 2. The molecule has 2 aromatic rings. The normalized spacial score (nSPS) is 29.5. The number of para-hydroxylation sites is 1. The number of pyridine rings is 1. The number of sulfonamides is 1. The van der Waals surface area contributed by atoms with Crippen LogP contribution in [0.3, 0.4) is 0 Å². The van der Waals surface area contributed by atoms with Crippen LogP contribution in [0.25, 0.3) is 10.9 Å². The molecule has 0 spiro atoms. The average Bonchev–Trinajstić information content (AvgIpc) is 4.07. The second-order valence-corrected chi connectivity index (χ2v) is 17.0. The average molecular weight is 765 g/mol. The highest BCUT2D eigenvalue weighted by Gasteiger charge is 2.62. The van der Waals surface area contributed by atoms with Crippen LogP contribution < -0.4 is 25.4 Å². The summed E-state index contributed by atoms with van der Waals surface area (Å²) in [7, 11) is -3.90. The van der Waals surface area contributed by atoms with Crippen molar-refractivity contribution in [3.8, 4) is 5.75 Å². The van der Waals surface area contributed by atoms with Crippen molar-refractivity contribution in [2.24, 2.45) is 5.92 Å². The molecule has 5 aliphatic rings. The van der Waals surface area contributed by atoms with Gasteiger partial charge in [0.15, 0.2) is 0 Å². The number of allylic oxidation sites excluding steroid dienone is 1. The molecule has 3 fully saturated rings. The van der Waals surface area contributed by atoms with E-state index in [2.05, 4.69) is 25.7 Å². The maximum atomic E-state index is 14.4. The summed E-state index contributed by atoms with van der Waals surface area (Å²) in [4.78, 5) is 75.0. The Bertz CT molecular complexity index is 1930. The smallest absolute Gasteiger partial charge is 0.407 e. The van der Waals surface area contributed by atoms with E-state index in [1.807, 2.05) is 24.3 Å². The first-order chi connectivity index (χ1) is 26.0. The lowest BCUT2D eigenvalue weighted by Crippen LogP contribution is -2.58. The van der Waals surface area contributed by atoms with Crippen LogP contribution >= 0.6 is 0 Å². The maximum Gasteiger partial charge on any atom is 0.407 e. The lowest BCUT2D eigenvalue weighted by Gasteiger charge is -2.30. The molecule has 0 radical (unpaired) electrons. The van der Waals surface area contributed by atoms with Crippen molar-refractivity contribution in [1.82, 2.24) is 30.6 Å². The van der Waals surface area contributed by atoms with Crippen molar-refractivity contribution < 1.29 is 41.9 Å². The van der Waals surface area contributed by atoms with Crippen LogP contribution in [0.1, 0.15) is 94.0 Å². The Hall–Kier alpha value is -4.73. The molecule has 7 rings (SSSR count). The quantitative estimate of drug-likeness (QED) is 0.337. The number of rotatable bonds is 3. The minimum Gasteiger partial charge on any atom is -0.491 e. The second-order valence-electron chi connectivity index (χ2n) is 15.0. The number of benzene rings is 1. The lowest BCUT2D eigenvalue weighted by molar-refractivity contribution is -0.141. The van der Waals surface area contributed by atoms with Crippen LogP contribution in [0.15, 0.2) is 42.5 Å². The molecule has 15 nitrogen and oxygen atoms in total. The molecular formula is C38H48N6O9S. The van der Waals surface area contributed by atoms with Crippen molar-refractivity contribution in [2.45, 2.75) is 112 Å². The van der Waals surface area contributed by atoms with Crippen molar-refractivity contribution in [2.75, 3.05) is 19.8 Å². The van der Waals surface area contributed by atoms with Crippen LogP contribution in [0, 0.1) is 5.92 Å². The molecule has 5 bridgehead atoms. The zero-order chi connectivity index (χ0) is 37.9. The fraction of sp³-hybridized carbons (Fsp3) is 0.579. The van der Waals surface area contributed by atoms with Crippen molar-refractivity contribution in [3.05, 3.63) is 48.2 Å². The summed E-state index contributed by atoms with van der Waals surface area (Å²) in [5.41, 5.74) is -0.858. The van der Waals surface area contributed by atoms with Gasteiger partial charge in [-0.05, 0) is 82.8 Å². The Balaban J connectivity index is 1.19. The molecular weight excluding hydrogens is 717 g/mol. The van der Waals surface area contributed by atoms with E-state index in [0.717, 1.165) is 37.5 Å². The fourth-order valence-corrected chi connectivity index (χ4v) is 8.98. The number of alkyl carbamates (subject to hydrolysis) is 1. The van der Waals surface area contributed by atoms with E-state index in [0.29, 0.717) is 56.4 Å². The van der Waals surface area contributed by atoms with E-state index in [1.54, 1.807) is 18.2 Å². The molecule has 1 aromatic heterocycles. The number of nitrogens with one attached hydrogen (secondary N) is 4. The highest BCUT2D eigenvalue weighted by Crippen LogP contribution is 2.46. The topological polar surface area (TPSA) is 202 Å². The zero-order valence-corrected chi connectivity index (χ0v) is 31.0. The van der Waals surface area contributed by atoms with E-state index >= 15 is 0 Å². The number of carbonyl (C=O) groups excluding carboxylic acids is 5. The van der Waals surface area contributed by atoms with E-state index in [1.165, 1.54) is 4.90 Å². The van der Waals surface area contributed by atoms with Crippen molar-refractivity contribution in [1.29, 1.82) is 0 Å². The number of hydrogen-bond donors (Lipinski definition) is 4. The number of carbonyl (C=O) groups is 5. The van der Waals surface area contributed by atoms with Crippen LogP contribution in [0.2, 0.25) is 0 Å². The van der Waals surface area contributed by atoms with Gasteiger partial charge in [0.1, 0.15) is 34.6 Å². The van der Waals surface area contributed by atoms with Crippen LogP contribution in [0.4, 0.5) is 4.79 Å². The van der Waals surface area contributed by atoms with Gasteiger partial charge >= 0.3 is 6.09 Å². The Morgan fingerprint density at radius 2 is 1.69 bits per heavy atom. The molecule has 2 aliphatic carbocycles. The van der Waals surface area contributed by atoms with Crippen LogP contribution in [0.5, 0.6) is 5.75 Å². The summed E-state index contributed by atoms with van der Waals surface area (Å²) in [5, 5.41) is 8.68. The number of fused-ring (bicyclic) bond motifs is 4. The van der Waals surface area contributed by atoms with Crippen molar-refractivity contribution >= 4 is 50.6 Å². The summed E-state index contributed by atoms with van der Waals surface area (Å²) in [6, 6.07) is 6.08. The summed E-state index contributed by atoms with van der Waals surface area (Å²) in [5.74, 6) is -2.40. The Morgan fingerprint density at radius 1 is 0.907 bits per heavy atom. The van der Waals surface area contributed by atoms with Gasteiger partial charge in [-0.2, -0.15) is 0 Å². The highest BCUT2D eigenvalue weighted by atomic mass is 32.2. The molecule has 5 amide bonds. The van der Waals surface area contributed by atoms with Crippen LogP contribution in [-0.4, -0.2) is 96.7 Å². The van der Waals surface area contributed by atoms with Gasteiger partial charge in [0.05, 0.1) is 18.5 Å². The highest BCUT2D eigenvalue weighted by molar-refractivity contribution is 7.91. The van der Waals surface area contributed by atoms with E-state index < -0.39 is 74.6 Å². The third-order valence-corrected chi connectivity index (χ3v) is 12.8. The van der Waals surface area contributed by atoms with Gasteiger partial charge in [-0.15, -0.1) is 0 Å². The van der Waals surface area contributed by atoms with Gasteiger partial charge in [0, 0.05) is 23.9 Å². The molecule has 3 aliphatic heterocycles. The minimum atomic E-state index is -3.90. The number of ether oxygens (including phenoxy) is 2. The van der Waals surface area contributed by atoms with Gasteiger partial charge in [0.2, 0.25) is 21.8 Å². The first kappa shape index (κ1) is 37.6. The second kappa shape index (κ2) is 15.9. The predicted octanol–water partition coefficient (Wildman–Crippen LogP) is 2.99. The monoisotopic (exact) mass is 764 g/mol. The summed E-state index contributed by atoms with van der Waals surface area (Å²) in [6.07, 6.45) is 10.3. The molecule has 54 heavy (non-hydrogen) atoms. The third kappa shape index (κ3) is 8.48. The van der Waals surface area contributed by atoms with Crippen molar-refractivity contribution in [3.63, 3.8) is 0 Å². The summed E-state index contributed by atoms with van der Waals surface area (Å²) < 4.78 is 39.3. The summed E-state index contributed by atoms with van der Waals surface area (Å²) >= 11 is 0. The Morgan fingerprint density at radius 3 is 2.48 bits per heavy atom. The Kier molecular flexibility index (Phi) is 11.1. The fourth-order valence-electron chi connectivity index (χ4n) is 7.62. The number of amides is 5. The number of cyclic esters (lactones) is 1. The van der Waals surface area contributed by atoms with E-state index in [4.69, 9.17) is 9.47 Å². The lowest BCUT2D eigenvalue weighted by atomic mass is 10.0. The molecule has 4 heterocycles. The van der Waals surface area contributed by atoms with E-state index in [-0.39, 0.29) is 31.7 Å². The third-order valence-electron chi connectivity index (χ3n) is 11.0. The maximum absolute atomic E-state index is 14.4. The molecule has 1 unspecified atom stereocenters. The molecule has 4 N–H and O–H groups in total. The molecule has 1 saturated heterocycles. The Labute approximate surface area is 314 Å². The number of hydrogen-bond acceptors (Lipinski definition) is 10. The SMILES string of the molecule is O=C1N[C@H]2CCCCC/C=C\[C@@H]3CC3(C(=O)NS(=O)(=O)C3CC3)NC(=O)[C@@H]3C[C@H](CN3C2=O)NC(=O)c2ccc3cccc(c3n2)OCCCCCCO1. The molecule has 16 heteroatoms. The summed E-state index contributed by atoms with van der Waals surface area (Å²) in [6.45, 7) is 0.552. The predicted molar refractivity (Wildman–Crippen MR) is 197 cm³/mol. The van der Waals surface area contributed by atoms with Gasteiger partial charge in [-0.1, -0.05) is 43.2 Å². The van der Waals surface area contributed by atoms with Gasteiger partial charge in [0.25, 0.3) is 11.8 Å². The number of aromatic nitrogens is 1. The van der Waals surface area contributed by atoms with Crippen LogP contribution in [-0.2, 0) is 29.1 Å². The first-order valence-corrected chi connectivity index (χ1v) is 20.7.